The number of para-hydroxylation sites is 1. The van der Waals surface area contributed by atoms with Gasteiger partial charge in [-0.3, -0.25) is 14.5 Å². The standard InChI is InChI=1S/C22H20ClF3N4O3/c23-15-6-7-19(27-11-15)28-21(32)14-3-2-9-29(12-14)13-30-10-8-17(31)16-4-1-5-18(20(16)30)33-22(24,25)26/h1,4-8,10-11,14H,2-3,9,12-13H2,(H,27,28,32). The molecule has 4 rings (SSSR count). The minimum Gasteiger partial charge on any atom is -0.404 e. The average Bonchev–Trinajstić information content (AvgIpc) is 2.76. The minimum absolute atomic E-state index is 0.0549. The van der Waals surface area contributed by atoms with Crippen molar-refractivity contribution in [3.05, 3.63) is 64.0 Å². The molecule has 11 heteroatoms. The Bertz CT molecular complexity index is 1210. The molecule has 2 aromatic heterocycles. The van der Waals surface area contributed by atoms with Gasteiger partial charge in [-0.05, 0) is 43.7 Å². The summed E-state index contributed by atoms with van der Waals surface area (Å²) in [5.41, 5.74) is -0.348. The molecule has 1 atom stereocenters. The van der Waals surface area contributed by atoms with E-state index in [1.165, 1.54) is 36.7 Å². The lowest BCUT2D eigenvalue weighted by Crippen LogP contribution is -2.41. The summed E-state index contributed by atoms with van der Waals surface area (Å²) >= 11 is 5.82. The Labute approximate surface area is 191 Å². The minimum atomic E-state index is -4.89. The van der Waals surface area contributed by atoms with Crippen LogP contribution in [-0.2, 0) is 11.5 Å². The first-order valence-corrected chi connectivity index (χ1v) is 10.6. The molecule has 1 unspecified atom stereocenters. The van der Waals surface area contributed by atoms with E-state index in [-0.39, 0.29) is 29.4 Å². The third kappa shape index (κ3) is 5.63. The number of hydrogen-bond acceptors (Lipinski definition) is 5. The van der Waals surface area contributed by atoms with E-state index in [0.29, 0.717) is 30.4 Å². The second-order valence-electron chi connectivity index (χ2n) is 7.76. The van der Waals surface area contributed by atoms with E-state index in [1.54, 1.807) is 16.7 Å². The highest BCUT2D eigenvalue weighted by atomic mass is 35.5. The molecule has 1 aliphatic heterocycles. The van der Waals surface area contributed by atoms with Crippen molar-refractivity contribution in [3.63, 3.8) is 0 Å². The second kappa shape index (κ2) is 9.40. The van der Waals surface area contributed by atoms with Crippen LogP contribution in [0, 0.1) is 5.92 Å². The lowest BCUT2D eigenvalue weighted by atomic mass is 9.97. The van der Waals surface area contributed by atoms with E-state index in [2.05, 4.69) is 15.0 Å². The van der Waals surface area contributed by atoms with Gasteiger partial charge in [-0.2, -0.15) is 0 Å². The highest BCUT2D eigenvalue weighted by Gasteiger charge is 2.32. The van der Waals surface area contributed by atoms with Crippen LogP contribution < -0.4 is 15.5 Å². The maximum Gasteiger partial charge on any atom is 0.573 e. The number of fused-ring (bicyclic) bond motifs is 1. The number of alkyl halides is 3. The molecule has 1 saturated heterocycles. The average molecular weight is 481 g/mol. The van der Waals surface area contributed by atoms with Crippen molar-refractivity contribution in [2.75, 3.05) is 18.4 Å². The third-order valence-electron chi connectivity index (χ3n) is 5.39. The number of anilines is 1. The van der Waals surface area contributed by atoms with Gasteiger partial charge in [0.2, 0.25) is 5.91 Å². The highest BCUT2D eigenvalue weighted by molar-refractivity contribution is 6.30. The molecule has 7 nitrogen and oxygen atoms in total. The van der Waals surface area contributed by atoms with Crippen LogP contribution >= 0.6 is 11.6 Å². The number of likely N-dealkylation sites (tertiary alicyclic amines) is 1. The van der Waals surface area contributed by atoms with Crippen molar-refractivity contribution in [1.82, 2.24) is 14.5 Å². The van der Waals surface area contributed by atoms with E-state index in [0.717, 1.165) is 6.42 Å². The molecule has 0 saturated carbocycles. The van der Waals surface area contributed by atoms with Crippen LogP contribution in [0.5, 0.6) is 5.75 Å². The molecule has 0 radical (unpaired) electrons. The summed E-state index contributed by atoms with van der Waals surface area (Å²) in [4.78, 5) is 31.0. The van der Waals surface area contributed by atoms with Gasteiger partial charge in [0.1, 0.15) is 5.82 Å². The first kappa shape index (κ1) is 23.1. The Morgan fingerprint density at radius 1 is 1.24 bits per heavy atom. The maximum atomic E-state index is 12.9. The number of nitrogens with one attached hydrogen (secondary N) is 1. The Morgan fingerprint density at radius 3 is 2.79 bits per heavy atom. The number of rotatable bonds is 5. The second-order valence-corrected chi connectivity index (χ2v) is 8.19. The van der Waals surface area contributed by atoms with Gasteiger partial charge in [-0.25, -0.2) is 4.98 Å². The molecule has 1 N–H and O–H groups in total. The van der Waals surface area contributed by atoms with E-state index in [9.17, 15) is 22.8 Å². The molecule has 3 heterocycles. The summed E-state index contributed by atoms with van der Waals surface area (Å²) in [5, 5.41) is 3.35. The highest BCUT2D eigenvalue weighted by Crippen LogP contribution is 2.30. The molecular weight excluding hydrogens is 461 g/mol. The van der Waals surface area contributed by atoms with E-state index >= 15 is 0 Å². The van der Waals surface area contributed by atoms with Gasteiger partial charge in [0.05, 0.1) is 23.1 Å². The molecule has 174 valence electrons. The number of amides is 1. The van der Waals surface area contributed by atoms with Gasteiger partial charge < -0.3 is 14.6 Å². The van der Waals surface area contributed by atoms with Crippen molar-refractivity contribution in [2.45, 2.75) is 25.9 Å². The van der Waals surface area contributed by atoms with Crippen LogP contribution in [-0.4, -0.2) is 39.8 Å². The SMILES string of the molecule is O=C(Nc1ccc(Cl)cn1)C1CCCN(Cn2ccc(=O)c3cccc(OC(F)(F)F)c32)C1. The van der Waals surface area contributed by atoms with Crippen LogP contribution in [0.25, 0.3) is 10.9 Å². The van der Waals surface area contributed by atoms with Crippen LogP contribution in [0.15, 0.2) is 53.6 Å². The molecule has 1 fully saturated rings. The van der Waals surface area contributed by atoms with Crippen LogP contribution in [0.3, 0.4) is 0 Å². The van der Waals surface area contributed by atoms with Crippen LogP contribution in [0.1, 0.15) is 12.8 Å². The molecule has 0 aliphatic carbocycles. The molecule has 1 amide bonds. The first-order valence-electron chi connectivity index (χ1n) is 10.2. The van der Waals surface area contributed by atoms with Gasteiger partial charge in [-0.15, -0.1) is 13.2 Å². The number of nitrogens with zero attached hydrogens (tertiary/aromatic N) is 3. The number of carbonyl (C=O) groups is 1. The van der Waals surface area contributed by atoms with Crippen molar-refractivity contribution in [2.24, 2.45) is 5.92 Å². The fourth-order valence-electron chi connectivity index (χ4n) is 3.96. The van der Waals surface area contributed by atoms with Gasteiger partial charge in [0.15, 0.2) is 11.2 Å². The summed E-state index contributed by atoms with van der Waals surface area (Å²) in [6, 6.07) is 8.52. The molecule has 0 bridgehead atoms. The van der Waals surface area contributed by atoms with E-state index in [1.807, 2.05) is 4.90 Å². The maximum absolute atomic E-state index is 12.9. The zero-order valence-electron chi connectivity index (χ0n) is 17.3. The predicted molar refractivity (Wildman–Crippen MR) is 117 cm³/mol. The molecule has 1 aliphatic rings. The quantitative estimate of drug-likeness (QED) is 0.590. The summed E-state index contributed by atoms with van der Waals surface area (Å²) in [6.07, 6.45) is -0.615. The number of carbonyl (C=O) groups excluding carboxylic acids is 1. The molecule has 1 aromatic carbocycles. The van der Waals surface area contributed by atoms with E-state index < -0.39 is 17.5 Å². The van der Waals surface area contributed by atoms with Crippen molar-refractivity contribution in [1.29, 1.82) is 0 Å². The third-order valence-corrected chi connectivity index (χ3v) is 5.61. The number of piperidine rings is 1. The lowest BCUT2D eigenvalue weighted by molar-refractivity contribution is -0.274. The predicted octanol–water partition coefficient (Wildman–Crippen LogP) is 4.26. The molecule has 3 aromatic rings. The fourth-order valence-corrected chi connectivity index (χ4v) is 4.07. The Kier molecular flexibility index (Phi) is 6.57. The van der Waals surface area contributed by atoms with Crippen molar-refractivity contribution in [3.8, 4) is 5.75 Å². The largest absolute Gasteiger partial charge is 0.573 e. The van der Waals surface area contributed by atoms with E-state index in [4.69, 9.17) is 11.6 Å². The number of pyridine rings is 2. The number of ether oxygens (including phenoxy) is 1. The smallest absolute Gasteiger partial charge is 0.404 e. The van der Waals surface area contributed by atoms with Crippen LogP contribution in [0.4, 0.5) is 19.0 Å². The summed E-state index contributed by atoms with van der Waals surface area (Å²) in [5.74, 6) is -0.576. The number of benzene rings is 1. The summed E-state index contributed by atoms with van der Waals surface area (Å²) < 4.78 is 44.5. The molecule has 33 heavy (non-hydrogen) atoms. The first-order chi connectivity index (χ1) is 15.7. The Hall–Kier alpha value is -3.11. The monoisotopic (exact) mass is 480 g/mol. The Balaban J connectivity index is 1.54. The van der Waals surface area contributed by atoms with Gasteiger partial charge >= 0.3 is 6.36 Å². The van der Waals surface area contributed by atoms with Crippen molar-refractivity contribution < 1.29 is 22.7 Å². The van der Waals surface area contributed by atoms with Gasteiger partial charge in [-0.1, -0.05) is 17.7 Å². The topological polar surface area (TPSA) is 76.5 Å². The molecule has 0 spiro atoms. The normalized spacial score (nSPS) is 17.2. The zero-order valence-corrected chi connectivity index (χ0v) is 18.1. The fraction of sp³-hybridized carbons (Fsp3) is 0.318. The number of hydrogen-bond donors (Lipinski definition) is 1. The Morgan fingerprint density at radius 2 is 2.06 bits per heavy atom. The number of aromatic nitrogens is 2. The van der Waals surface area contributed by atoms with Gasteiger partial charge in [0.25, 0.3) is 0 Å². The zero-order chi connectivity index (χ0) is 23.6. The molecular formula is C22H20ClF3N4O3. The summed E-state index contributed by atoms with van der Waals surface area (Å²) in [7, 11) is 0. The van der Waals surface area contributed by atoms with Crippen molar-refractivity contribution >= 4 is 34.2 Å². The van der Waals surface area contributed by atoms with Crippen LogP contribution in [0.2, 0.25) is 5.02 Å². The number of halogens is 4. The lowest BCUT2D eigenvalue weighted by Gasteiger charge is -2.32. The summed E-state index contributed by atoms with van der Waals surface area (Å²) in [6.45, 7) is 1.24. The van der Waals surface area contributed by atoms with Gasteiger partial charge in [0, 0.05) is 30.4 Å².